The summed E-state index contributed by atoms with van der Waals surface area (Å²) < 4.78 is 16.8. The van der Waals surface area contributed by atoms with Crippen LogP contribution in [0.3, 0.4) is 0 Å². The van der Waals surface area contributed by atoms with Gasteiger partial charge in [-0.05, 0) is 62.7 Å². The second-order valence-corrected chi connectivity index (χ2v) is 9.00. The van der Waals surface area contributed by atoms with Crippen molar-refractivity contribution in [2.75, 3.05) is 20.2 Å². The summed E-state index contributed by atoms with van der Waals surface area (Å²) in [4.78, 5) is 14.0. The molecule has 7 atom stereocenters. The monoisotopic (exact) mass is 451 g/mol. The molecule has 1 aliphatic carbocycles. The Balaban J connectivity index is 1.64. The third kappa shape index (κ3) is 4.20. The maximum atomic E-state index is 11.4. The van der Waals surface area contributed by atoms with Crippen molar-refractivity contribution in [2.24, 2.45) is 5.92 Å². The number of benzene rings is 1. The van der Waals surface area contributed by atoms with Crippen molar-refractivity contribution in [1.82, 2.24) is 4.90 Å². The number of methoxy groups -OCH3 is 1. The number of carbonyl (C=O) groups is 1. The molecule has 0 aromatic heterocycles. The number of piperidine rings is 1. The van der Waals surface area contributed by atoms with Gasteiger partial charge < -0.3 is 34.6 Å². The van der Waals surface area contributed by atoms with Crippen LogP contribution in [0.4, 0.5) is 0 Å². The molecule has 2 saturated heterocycles. The highest BCUT2D eigenvalue weighted by Gasteiger charge is 2.48. The van der Waals surface area contributed by atoms with E-state index in [0.29, 0.717) is 23.5 Å². The summed E-state index contributed by atoms with van der Waals surface area (Å²) in [6, 6.07) is 4.31. The van der Waals surface area contributed by atoms with Crippen molar-refractivity contribution in [1.29, 1.82) is 0 Å². The van der Waals surface area contributed by atoms with Crippen LogP contribution in [0.2, 0.25) is 0 Å². The summed E-state index contributed by atoms with van der Waals surface area (Å²) >= 11 is 0. The smallest absolute Gasteiger partial charge is 0.335 e. The lowest BCUT2D eigenvalue weighted by atomic mass is 9.75. The van der Waals surface area contributed by atoms with Crippen LogP contribution in [0, 0.1) is 5.92 Å². The van der Waals surface area contributed by atoms with Crippen molar-refractivity contribution < 1.29 is 39.4 Å². The van der Waals surface area contributed by atoms with Crippen molar-refractivity contribution in [3.05, 3.63) is 23.3 Å². The second-order valence-electron chi connectivity index (χ2n) is 9.00. The van der Waals surface area contributed by atoms with Crippen LogP contribution in [0.25, 0.3) is 0 Å². The molecule has 4 N–H and O–H groups in total. The first kappa shape index (κ1) is 23.3. The normalized spacial score (nSPS) is 35.0. The largest absolute Gasteiger partial charge is 0.493 e. The van der Waals surface area contributed by atoms with Crippen LogP contribution < -0.4 is 9.47 Å². The number of nitrogens with zero attached hydrogens (tertiary/aromatic N) is 1. The topological polar surface area (TPSA) is 129 Å². The van der Waals surface area contributed by atoms with E-state index in [1.807, 2.05) is 6.07 Å². The molecular weight excluding hydrogens is 418 g/mol. The maximum Gasteiger partial charge on any atom is 0.335 e. The second kappa shape index (κ2) is 9.52. The molecule has 9 heteroatoms. The Morgan fingerprint density at radius 3 is 2.66 bits per heavy atom. The van der Waals surface area contributed by atoms with E-state index in [0.717, 1.165) is 56.3 Å². The lowest BCUT2D eigenvalue weighted by Crippen LogP contribution is -2.61. The fourth-order valence-electron chi connectivity index (χ4n) is 5.42. The molecule has 4 rings (SSSR count). The van der Waals surface area contributed by atoms with Crippen LogP contribution in [-0.4, -0.2) is 88.2 Å². The molecule has 1 aromatic carbocycles. The number of carboxylic acid groups (broad SMARTS) is 1. The summed E-state index contributed by atoms with van der Waals surface area (Å²) in [5.74, 6) is -0.131. The first-order chi connectivity index (χ1) is 15.3. The minimum atomic E-state index is -1.76. The number of likely N-dealkylation sites (tertiary alicyclic amines) is 1. The summed E-state index contributed by atoms with van der Waals surface area (Å²) in [5, 5.41) is 39.8. The molecular formula is C23H33NO8. The van der Waals surface area contributed by atoms with E-state index in [2.05, 4.69) is 11.8 Å². The lowest BCUT2D eigenvalue weighted by molar-refractivity contribution is -0.271. The number of fused-ring (bicyclic) bond motifs is 2. The summed E-state index contributed by atoms with van der Waals surface area (Å²) in [7, 11) is 1.51. The summed E-state index contributed by atoms with van der Waals surface area (Å²) in [6.45, 7) is 4.39. The van der Waals surface area contributed by atoms with Crippen LogP contribution in [0.15, 0.2) is 12.1 Å². The molecule has 2 aliphatic heterocycles. The molecule has 2 fully saturated rings. The van der Waals surface area contributed by atoms with Crippen LogP contribution >= 0.6 is 0 Å². The van der Waals surface area contributed by atoms with E-state index in [9.17, 15) is 25.2 Å². The predicted molar refractivity (Wildman–Crippen MR) is 114 cm³/mol. The van der Waals surface area contributed by atoms with E-state index in [-0.39, 0.29) is 0 Å². The van der Waals surface area contributed by atoms with Crippen LogP contribution in [0.1, 0.15) is 37.3 Å². The Morgan fingerprint density at radius 2 is 1.97 bits per heavy atom. The average molecular weight is 452 g/mol. The van der Waals surface area contributed by atoms with Gasteiger partial charge in [-0.2, -0.15) is 0 Å². The standard InChI is InChI=1S/C23H33NO8/c1-3-8-24-9-4-5-13-10-14-12(11-15(13)24)6-7-16(30-2)20(14)31-23-19(27)17(25)18(26)21(32-23)22(28)29/h6-7,13,15,17-19,21,23,25-27H,3-5,8-11H2,1-2H3,(H,28,29)/t13-,15-,17+,18+,19-,21+,23-/m1/s1. The third-order valence-electron chi connectivity index (χ3n) is 7.03. The Kier molecular flexibility index (Phi) is 6.92. The van der Waals surface area contributed by atoms with Gasteiger partial charge in [0.1, 0.15) is 18.3 Å². The number of hydrogen-bond acceptors (Lipinski definition) is 8. The van der Waals surface area contributed by atoms with Crippen molar-refractivity contribution in [3.63, 3.8) is 0 Å². The summed E-state index contributed by atoms with van der Waals surface area (Å²) in [5.41, 5.74) is 2.10. The van der Waals surface area contributed by atoms with Gasteiger partial charge in [-0.15, -0.1) is 0 Å². The maximum absolute atomic E-state index is 11.4. The molecule has 9 nitrogen and oxygen atoms in total. The Hall–Kier alpha value is -1.91. The highest BCUT2D eigenvalue weighted by molar-refractivity contribution is 5.73. The first-order valence-corrected chi connectivity index (χ1v) is 11.4. The zero-order chi connectivity index (χ0) is 23.0. The van der Waals surface area contributed by atoms with Crippen molar-refractivity contribution in [3.8, 4) is 11.5 Å². The lowest BCUT2D eigenvalue weighted by Gasteiger charge is -2.45. The number of rotatable bonds is 6. The SMILES string of the molecule is CCCN1CCC[C@@H]2Cc3c(ccc(OC)c3O[C@@H]3O[C@H](C(=O)O)[C@@H](O)[C@H](O)[C@H]3O)C[C@H]21. The average Bonchev–Trinajstić information content (AvgIpc) is 2.78. The molecule has 0 spiro atoms. The van der Waals surface area contributed by atoms with E-state index < -0.39 is 36.7 Å². The Bertz CT molecular complexity index is 830. The number of aliphatic hydroxyl groups is 3. The molecule has 0 radical (unpaired) electrons. The van der Waals surface area contributed by atoms with Gasteiger partial charge in [0.15, 0.2) is 17.6 Å². The molecule has 0 unspecified atom stereocenters. The zero-order valence-corrected chi connectivity index (χ0v) is 18.5. The number of aliphatic hydroxyl groups excluding tert-OH is 3. The molecule has 1 aromatic rings. The molecule has 2 heterocycles. The quantitative estimate of drug-likeness (QED) is 0.490. The highest BCUT2D eigenvalue weighted by Crippen LogP contribution is 2.43. The van der Waals surface area contributed by atoms with Crippen LogP contribution in [-0.2, 0) is 22.4 Å². The molecule has 0 saturated carbocycles. The highest BCUT2D eigenvalue weighted by atomic mass is 16.7. The van der Waals surface area contributed by atoms with Crippen molar-refractivity contribution in [2.45, 2.75) is 75.8 Å². The fourth-order valence-corrected chi connectivity index (χ4v) is 5.42. The van der Waals surface area contributed by atoms with Gasteiger partial charge in [0.25, 0.3) is 0 Å². The van der Waals surface area contributed by atoms with Gasteiger partial charge in [-0.1, -0.05) is 13.0 Å². The van der Waals surface area contributed by atoms with E-state index in [1.165, 1.54) is 7.11 Å². The van der Waals surface area contributed by atoms with Gasteiger partial charge in [-0.3, -0.25) is 4.90 Å². The minimum absolute atomic E-state index is 0.396. The van der Waals surface area contributed by atoms with E-state index in [1.54, 1.807) is 6.07 Å². The number of aliphatic carboxylic acids is 1. The number of carboxylic acids is 1. The van der Waals surface area contributed by atoms with Gasteiger partial charge in [0, 0.05) is 11.6 Å². The number of ether oxygens (including phenoxy) is 3. The molecule has 3 aliphatic rings. The molecule has 0 bridgehead atoms. The molecule has 178 valence electrons. The van der Waals surface area contributed by atoms with Gasteiger partial charge in [-0.25, -0.2) is 4.79 Å². The number of hydrogen-bond donors (Lipinski definition) is 4. The van der Waals surface area contributed by atoms with E-state index in [4.69, 9.17) is 14.2 Å². The van der Waals surface area contributed by atoms with Gasteiger partial charge in [0.05, 0.1) is 7.11 Å². The Labute approximate surface area is 187 Å². The third-order valence-corrected chi connectivity index (χ3v) is 7.03. The van der Waals surface area contributed by atoms with Gasteiger partial charge >= 0.3 is 5.97 Å². The Morgan fingerprint density at radius 1 is 1.19 bits per heavy atom. The van der Waals surface area contributed by atoms with Crippen molar-refractivity contribution >= 4 is 5.97 Å². The van der Waals surface area contributed by atoms with E-state index >= 15 is 0 Å². The zero-order valence-electron chi connectivity index (χ0n) is 18.5. The van der Waals surface area contributed by atoms with Crippen LogP contribution in [0.5, 0.6) is 11.5 Å². The molecule has 32 heavy (non-hydrogen) atoms. The predicted octanol–water partition coefficient (Wildman–Crippen LogP) is 0.555. The first-order valence-electron chi connectivity index (χ1n) is 11.4. The van der Waals surface area contributed by atoms with Gasteiger partial charge in [0.2, 0.25) is 6.29 Å². The minimum Gasteiger partial charge on any atom is -0.493 e. The fraction of sp³-hybridized carbons (Fsp3) is 0.696. The molecule has 0 amide bonds. The summed E-state index contributed by atoms with van der Waals surface area (Å²) in [6.07, 6.45) is -3.23.